The van der Waals surface area contributed by atoms with Crippen LogP contribution in [0, 0.1) is 10.1 Å². The van der Waals surface area contributed by atoms with Gasteiger partial charge in [-0.2, -0.15) is 8.42 Å². The molecule has 0 aliphatic rings. The molecule has 1 aromatic rings. The molecule has 0 spiro atoms. The minimum absolute atomic E-state index is 0.0944. The molecule has 1 rings (SSSR count). The summed E-state index contributed by atoms with van der Waals surface area (Å²) < 4.78 is 30.5. The Morgan fingerprint density at radius 3 is 2.45 bits per heavy atom. The average Bonchev–Trinajstić information content (AvgIpc) is 2.39. The van der Waals surface area contributed by atoms with Gasteiger partial charge in [0.25, 0.3) is 5.69 Å². The van der Waals surface area contributed by atoms with Gasteiger partial charge in [0.05, 0.1) is 12.0 Å². The lowest BCUT2D eigenvalue weighted by molar-refractivity contribution is -0.384. The molecule has 1 aromatic carbocycles. The van der Waals surface area contributed by atoms with E-state index in [0.717, 1.165) is 7.11 Å². The van der Waals surface area contributed by atoms with Crippen LogP contribution in [-0.4, -0.2) is 33.0 Å². The van der Waals surface area contributed by atoms with E-state index in [1.807, 2.05) is 0 Å². The fraction of sp³-hybridized carbons (Fsp3) is 0.222. The molecule has 10 nitrogen and oxygen atoms in total. The number of nitro benzene ring substituents is 1. The maximum atomic E-state index is 11.3. The standard InChI is InChI=1S/C9H11N3O7S/c1-18-20(16,17)11-10-6-9(13)19-8-4-2-7(3-5-8)12(14)15/h2-5,10-11H,6H2,1H3. The third-order valence-corrected chi connectivity index (χ3v) is 2.76. The van der Waals surface area contributed by atoms with Crippen LogP contribution in [0.3, 0.4) is 0 Å². The van der Waals surface area contributed by atoms with Crippen LogP contribution in [0.4, 0.5) is 5.69 Å². The number of rotatable bonds is 7. The zero-order valence-corrected chi connectivity index (χ0v) is 11.0. The maximum absolute atomic E-state index is 11.3. The first-order chi connectivity index (χ1) is 9.34. The molecule has 0 atom stereocenters. The van der Waals surface area contributed by atoms with Crippen molar-refractivity contribution in [2.24, 2.45) is 0 Å². The quantitative estimate of drug-likeness (QED) is 0.297. The number of carbonyl (C=O) groups is 1. The Morgan fingerprint density at radius 2 is 1.95 bits per heavy atom. The largest absolute Gasteiger partial charge is 0.426 e. The predicted molar refractivity (Wildman–Crippen MR) is 65.8 cm³/mol. The van der Waals surface area contributed by atoms with Crippen LogP contribution in [0.15, 0.2) is 24.3 Å². The second-order valence-electron chi connectivity index (χ2n) is 3.30. The first kappa shape index (κ1) is 16.0. The molecule has 0 aliphatic heterocycles. The molecule has 2 N–H and O–H groups in total. The highest BCUT2D eigenvalue weighted by Gasteiger charge is 2.10. The van der Waals surface area contributed by atoms with Crippen LogP contribution in [0.5, 0.6) is 5.75 Å². The third kappa shape index (κ3) is 5.27. The molecular weight excluding hydrogens is 294 g/mol. The lowest BCUT2D eigenvalue weighted by atomic mass is 10.3. The molecule has 110 valence electrons. The molecular formula is C9H11N3O7S. The topological polar surface area (TPSA) is 137 Å². The summed E-state index contributed by atoms with van der Waals surface area (Å²) in [6.45, 7) is -0.459. The fourth-order valence-electron chi connectivity index (χ4n) is 1.04. The molecule has 0 fully saturated rings. The van der Waals surface area contributed by atoms with E-state index < -0.39 is 27.7 Å². The minimum atomic E-state index is -3.95. The van der Waals surface area contributed by atoms with Crippen molar-refractivity contribution in [2.75, 3.05) is 13.7 Å². The summed E-state index contributed by atoms with van der Waals surface area (Å²) in [5, 5.41) is 10.4. The highest BCUT2D eigenvalue weighted by Crippen LogP contribution is 2.17. The van der Waals surface area contributed by atoms with Gasteiger partial charge < -0.3 is 4.74 Å². The van der Waals surface area contributed by atoms with Crippen LogP contribution >= 0.6 is 0 Å². The van der Waals surface area contributed by atoms with Gasteiger partial charge in [0.15, 0.2) is 0 Å². The Hall–Kier alpha value is -2.08. The molecule has 0 unspecified atom stereocenters. The van der Waals surface area contributed by atoms with E-state index in [9.17, 15) is 23.3 Å². The highest BCUT2D eigenvalue weighted by atomic mass is 32.2. The Morgan fingerprint density at radius 1 is 1.35 bits per heavy atom. The predicted octanol–water partition coefficient (Wildman–Crippen LogP) is -0.514. The smallest absolute Gasteiger partial charge is 0.348 e. The van der Waals surface area contributed by atoms with Crippen LogP contribution in [0.25, 0.3) is 0 Å². The SMILES string of the molecule is COS(=O)(=O)NNCC(=O)Oc1ccc([N+](=O)[O-])cc1. The normalized spacial score (nSPS) is 11.1. The van der Waals surface area contributed by atoms with Crippen molar-refractivity contribution in [1.29, 1.82) is 0 Å². The number of nitrogens with one attached hydrogen (secondary N) is 2. The van der Waals surface area contributed by atoms with Gasteiger partial charge in [0, 0.05) is 12.1 Å². The van der Waals surface area contributed by atoms with Crippen molar-refractivity contribution in [1.82, 2.24) is 10.3 Å². The lowest BCUT2D eigenvalue weighted by Gasteiger charge is -2.06. The van der Waals surface area contributed by atoms with Crippen LogP contribution in [0.2, 0.25) is 0 Å². The number of benzene rings is 1. The van der Waals surface area contributed by atoms with E-state index in [0.29, 0.717) is 0 Å². The second kappa shape index (κ2) is 6.91. The molecule has 0 saturated heterocycles. The van der Waals surface area contributed by atoms with Crippen LogP contribution in [-0.2, 0) is 19.3 Å². The van der Waals surface area contributed by atoms with Crippen molar-refractivity contribution in [3.05, 3.63) is 34.4 Å². The van der Waals surface area contributed by atoms with Crippen molar-refractivity contribution in [3.8, 4) is 5.75 Å². The lowest BCUT2D eigenvalue weighted by Crippen LogP contribution is -2.41. The molecule has 0 amide bonds. The highest BCUT2D eigenvalue weighted by molar-refractivity contribution is 7.84. The fourth-order valence-corrected chi connectivity index (χ4v) is 1.37. The van der Waals surface area contributed by atoms with Crippen molar-refractivity contribution < 1.29 is 27.1 Å². The molecule has 11 heteroatoms. The number of ether oxygens (including phenoxy) is 1. The van der Waals surface area contributed by atoms with Crippen LogP contribution < -0.4 is 15.0 Å². The molecule has 0 heterocycles. The van der Waals surface area contributed by atoms with E-state index >= 15 is 0 Å². The van der Waals surface area contributed by atoms with Crippen molar-refractivity contribution in [3.63, 3.8) is 0 Å². The zero-order valence-electron chi connectivity index (χ0n) is 10.2. The Balaban J connectivity index is 2.44. The maximum Gasteiger partial charge on any atom is 0.348 e. The molecule has 0 aromatic heterocycles. The summed E-state index contributed by atoms with van der Waals surface area (Å²) in [5.74, 6) is -0.699. The number of non-ortho nitro benzene ring substituents is 1. The number of hydrogen-bond donors (Lipinski definition) is 2. The third-order valence-electron chi connectivity index (χ3n) is 1.93. The second-order valence-corrected chi connectivity index (χ2v) is 4.75. The van der Waals surface area contributed by atoms with E-state index in [1.165, 1.54) is 24.3 Å². The number of nitro groups is 1. The molecule has 0 bridgehead atoms. The molecule has 0 saturated carbocycles. The molecule has 20 heavy (non-hydrogen) atoms. The van der Waals surface area contributed by atoms with Gasteiger partial charge in [-0.05, 0) is 12.1 Å². The van der Waals surface area contributed by atoms with E-state index in [2.05, 4.69) is 9.61 Å². The van der Waals surface area contributed by atoms with Gasteiger partial charge in [-0.1, -0.05) is 0 Å². The Labute approximate surface area is 114 Å². The van der Waals surface area contributed by atoms with Gasteiger partial charge in [-0.25, -0.2) is 5.43 Å². The summed E-state index contributed by atoms with van der Waals surface area (Å²) >= 11 is 0. The van der Waals surface area contributed by atoms with Crippen molar-refractivity contribution in [2.45, 2.75) is 0 Å². The van der Waals surface area contributed by atoms with E-state index in [1.54, 1.807) is 4.83 Å². The van der Waals surface area contributed by atoms with Gasteiger partial charge in [0.2, 0.25) is 0 Å². The summed E-state index contributed by atoms with van der Waals surface area (Å²) in [5.41, 5.74) is 1.94. The van der Waals surface area contributed by atoms with E-state index in [4.69, 9.17) is 4.74 Å². The van der Waals surface area contributed by atoms with Gasteiger partial charge >= 0.3 is 16.3 Å². The number of esters is 1. The number of hydrazine groups is 1. The first-order valence-electron chi connectivity index (χ1n) is 5.09. The number of carbonyl (C=O) groups excluding carboxylic acids is 1. The number of hydrogen-bond acceptors (Lipinski definition) is 8. The van der Waals surface area contributed by atoms with Crippen molar-refractivity contribution >= 4 is 22.0 Å². The molecule has 0 radical (unpaired) electrons. The summed E-state index contributed by atoms with van der Waals surface area (Å²) in [6, 6.07) is 4.83. The zero-order chi connectivity index (χ0) is 15.2. The average molecular weight is 305 g/mol. The van der Waals surface area contributed by atoms with Gasteiger partial charge in [0.1, 0.15) is 12.3 Å². The minimum Gasteiger partial charge on any atom is -0.426 e. The number of nitrogens with zero attached hydrogens (tertiary/aromatic N) is 1. The summed E-state index contributed by atoms with van der Waals surface area (Å²) in [6.07, 6.45) is 0. The first-order valence-corrected chi connectivity index (χ1v) is 6.50. The molecule has 0 aliphatic carbocycles. The van der Waals surface area contributed by atoms with Crippen LogP contribution in [0.1, 0.15) is 0 Å². The summed E-state index contributed by atoms with van der Waals surface area (Å²) in [4.78, 5) is 22.9. The Bertz CT molecular complexity index is 584. The van der Waals surface area contributed by atoms with Gasteiger partial charge in [-0.3, -0.25) is 19.1 Å². The monoisotopic (exact) mass is 305 g/mol. The van der Waals surface area contributed by atoms with Gasteiger partial charge in [-0.15, -0.1) is 4.83 Å². The van der Waals surface area contributed by atoms with E-state index in [-0.39, 0.29) is 11.4 Å². The Kier molecular flexibility index (Phi) is 5.52. The summed E-state index contributed by atoms with van der Waals surface area (Å²) in [7, 11) is -3.00.